The van der Waals surface area contributed by atoms with Gasteiger partial charge < -0.3 is 9.47 Å². The average molecular weight is 337 g/mol. The van der Waals surface area contributed by atoms with E-state index < -0.39 is 23.6 Å². The molecule has 0 saturated carbocycles. The van der Waals surface area contributed by atoms with E-state index in [2.05, 4.69) is 20.6 Å². The third kappa shape index (κ3) is 4.40. The number of anilines is 1. The molecule has 0 aliphatic heterocycles. The molecule has 0 aliphatic rings. The zero-order valence-electron chi connectivity index (χ0n) is 14.2. The van der Waals surface area contributed by atoms with E-state index in [1.165, 1.54) is 24.1 Å². The molecule has 24 heavy (non-hydrogen) atoms. The lowest BCUT2D eigenvalue weighted by Crippen LogP contribution is -2.27. The first-order chi connectivity index (χ1) is 11.2. The Morgan fingerprint density at radius 3 is 2.75 bits per heavy atom. The van der Waals surface area contributed by atoms with Crippen LogP contribution in [0.1, 0.15) is 39.3 Å². The Hall–Kier alpha value is -2.71. The molecule has 2 rings (SSSR count). The van der Waals surface area contributed by atoms with Crippen LogP contribution in [0.5, 0.6) is 5.88 Å². The van der Waals surface area contributed by atoms with Crippen molar-refractivity contribution in [2.75, 3.05) is 12.4 Å². The second-order valence-electron chi connectivity index (χ2n) is 6.14. The molecule has 1 unspecified atom stereocenters. The Balaban J connectivity index is 2.15. The number of nitrogens with one attached hydrogen (secondary N) is 1. The van der Waals surface area contributed by atoms with E-state index in [1.54, 1.807) is 27.7 Å². The van der Waals surface area contributed by atoms with Crippen LogP contribution in [0.15, 0.2) is 18.5 Å². The van der Waals surface area contributed by atoms with Crippen LogP contribution in [-0.4, -0.2) is 38.8 Å². The highest BCUT2D eigenvalue weighted by molar-refractivity contribution is 5.83. The second-order valence-corrected chi connectivity index (χ2v) is 6.14. The molecule has 0 saturated heterocycles. The van der Waals surface area contributed by atoms with E-state index in [0.717, 1.165) is 6.20 Å². The molecule has 0 aromatic carbocycles. The third-order valence-electron chi connectivity index (χ3n) is 3.03. The van der Waals surface area contributed by atoms with Gasteiger partial charge in [0.25, 0.3) is 0 Å². The van der Waals surface area contributed by atoms with Crippen LogP contribution < -0.4 is 10.1 Å². The van der Waals surface area contributed by atoms with Crippen molar-refractivity contribution >= 4 is 11.9 Å². The zero-order chi connectivity index (χ0) is 17.9. The van der Waals surface area contributed by atoms with Crippen molar-refractivity contribution in [1.82, 2.24) is 20.0 Å². The molecule has 130 valence electrons. The Morgan fingerprint density at radius 1 is 1.42 bits per heavy atom. The summed E-state index contributed by atoms with van der Waals surface area (Å²) in [7, 11) is 1.45. The molecule has 2 aromatic rings. The van der Waals surface area contributed by atoms with Gasteiger partial charge in [0.15, 0.2) is 5.82 Å². The SMILES string of the molecule is COc1ncc(F)cc1C(C)n1cc(NC(=O)OC(C)(C)C)nn1. The number of rotatable bonds is 4. The first-order valence-electron chi connectivity index (χ1n) is 7.31. The van der Waals surface area contributed by atoms with Gasteiger partial charge in [-0.05, 0) is 33.8 Å². The molecule has 1 N–H and O–H groups in total. The van der Waals surface area contributed by atoms with E-state index in [0.29, 0.717) is 11.4 Å². The lowest BCUT2D eigenvalue weighted by atomic mass is 10.1. The van der Waals surface area contributed by atoms with Crippen LogP contribution >= 0.6 is 0 Å². The van der Waals surface area contributed by atoms with Gasteiger partial charge in [0, 0.05) is 5.56 Å². The lowest BCUT2D eigenvalue weighted by Gasteiger charge is -2.18. The highest BCUT2D eigenvalue weighted by atomic mass is 19.1. The monoisotopic (exact) mass is 337 g/mol. The van der Waals surface area contributed by atoms with Crippen LogP contribution in [0.25, 0.3) is 0 Å². The molecule has 0 spiro atoms. The molecule has 1 atom stereocenters. The van der Waals surface area contributed by atoms with Crippen molar-refractivity contribution in [2.45, 2.75) is 39.3 Å². The summed E-state index contributed by atoms with van der Waals surface area (Å²) in [6, 6.07) is 0.920. The van der Waals surface area contributed by atoms with E-state index in [9.17, 15) is 9.18 Å². The average Bonchev–Trinajstić information content (AvgIpc) is 2.92. The summed E-state index contributed by atoms with van der Waals surface area (Å²) in [6.45, 7) is 7.06. The highest BCUT2D eigenvalue weighted by Gasteiger charge is 2.20. The maximum Gasteiger partial charge on any atom is 0.413 e. The van der Waals surface area contributed by atoms with Gasteiger partial charge in [-0.1, -0.05) is 5.21 Å². The zero-order valence-corrected chi connectivity index (χ0v) is 14.2. The summed E-state index contributed by atoms with van der Waals surface area (Å²) >= 11 is 0. The number of halogens is 1. The van der Waals surface area contributed by atoms with E-state index in [4.69, 9.17) is 9.47 Å². The van der Waals surface area contributed by atoms with Gasteiger partial charge in [0.2, 0.25) is 5.88 Å². The van der Waals surface area contributed by atoms with E-state index >= 15 is 0 Å². The maximum absolute atomic E-state index is 13.5. The van der Waals surface area contributed by atoms with Crippen LogP contribution in [0.2, 0.25) is 0 Å². The summed E-state index contributed by atoms with van der Waals surface area (Å²) in [5.74, 6) is 0.0327. The molecule has 8 nitrogen and oxygen atoms in total. The first kappa shape index (κ1) is 17.6. The second kappa shape index (κ2) is 6.81. The summed E-state index contributed by atoms with van der Waals surface area (Å²) in [6.07, 6.45) is 1.96. The fourth-order valence-corrected chi connectivity index (χ4v) is 1.99. The predicted molar refractivity (Wildman–Crippen MR) is 84.4 cm³/mol. The number of hydrogen-bond acceptors (Lipinski definition) is 6. The molecule has 9 heteroatoms. The van der Waals surface area contributed by atoms with Crippen molar-refractivity contribution < 1.29 is 18.7 Å². The number of aromatic nitrogens is 4. The molecule has 2 heterocycles. The summed E-state index contributed by atoms with van der Waals surface area (Å²) < 4.78 is 25.2. The number of hydrogen-bond donors (Lipinski definition) is 1. The van der Waals surface area contributed by atoms with Crippen molar-refractivity contribution in [3.8, 4) is 5.88 Å². The molecular weight excluding hydrogens is 317 g/mol. The predicted octanol–water partition coefficient (Wildman–Crippen LogP) is 2.78. The minimum Gasteiger partial charge on any atom is -0.481 e. The summed E-state index contributed by atoms with van der Waals surface area (Å²) in [5, 5.41) is 10.3. The van der Waals surface area contributed by atoms with Gasteiger partial charge in [-0.15, -0.1) is 5.10 Å². The normalized spacial score (nSPS) is 12.6. The summed E-state index contributed by atoms with van der Waals surface area (Å²) in [4.78, 5) is 15.6. The van der Waals surface area contributed by atoms with E-state index in [-0.39, 0.29) is 5.82 Å². The van der Waals surface area contributed by atoms with Crippen LogP contribution in [0.3, 0.4) is 0 Å². The summed E-state index contributed by atoms with van der Waals surface area (Å²) in [5.41, 5.74) is -0.111. The highest BCUT2D eigenvalue weighted by Crippen LogP contribution is 2.26. The molecular formula is C15H20FN5O3. The minimum absolute atomic E-state index is 0.222. The van der Waals surface area contributed by atoms with Crippen molar-refractivity contribution in [1.29, 1.82) is 0 Å². The number of amides is 1. The molecule has 1 amide bonds. The van der Waals surface area contributed by atoms with Gasteiger partial charge in [-0.3, -0.25) is 5.32 Å². The van der Waals surface area contributed by atoms with Crippen molar-refractivity contribution in [3.05, 3.63) is 29.8 Å². The Bertz CT molecular complexity index is 726. The number of pyridine rings is 1. The van der Waals surface area contributed by atoms with Gasteiger partial charge in [0.1, 0.15) is 11.4 Å². The fourth-order valence-electron chi connectivity index (χ4n) is 1.99. The number of ether oxygens (including phenoxy) is 2. The van der Waals surface area contributed by atoms with Gasteiger partial charge in [-0.2, -0.15) is 0 Å². The number of nitrogens with zero attached hydrogens (tertiary/aromatic N) is 4. The van der Waals surface area contributed by atoms with Gasteiger partial charge in [-0.25, -0.2) is 18.9 Å². The largest absolute Gasteiger partial charge is 0.481 e. The number of carbonyl (C=O) groups excluding carboxylic acids is 1. The Morgan fingerprint density at radius 2 is 2.12 bits per heavy atom. The lowest BCUT2D eigenvalue weighted by molar-refractivity contribution is 0.0635. The van der Waals surface area contributed by atoms with Gasteiger partial charge in [0.05, 0.1) is 25.5 Å². The molecule has 0 bridgehead atoms. The Labute approximate surface area is 139 Å². The smallest absolute Gasteiger partial charge is 0.413 e. The topological polar surface area (TPSA) is 91.2 Å². The minimum atomic E-state index is -0.632. The van der Waals surface area contributed by atoms with Crippen LogP contribution in [0, 0.1) is 5.82 Å². The number of carbonyl (C=O) groups is 1. The third-order valence-corrected chi connectivity index (χ3v) is 3.03. The van der Waals surface area contributed by atoms with Crippen LogP contribution in [0.4, 0.5) is 15.0 Å². The standard InChI is InChI=1S/C15H20FN5O3/c1-9(11-6-10(16)7-17-13(11)23-5)21-8-12(19-20-21)18-14(22)24-15(2,3)4/h6-9H,1-5H3,(H,18,22). The first-order valence-corrected chi connectivity index (χ1v) is 7.31. The van der Waals surface area contributed by atoms with E-state index in [1.807, 2.05) is 0 Å². The maximum atomic E-state index is 13.5. The molecule has 2 aromatic heterocycles. The fraction of sp³-hybridized carbons (Fsp3) is 0.467. The quantitative estimate of drug-likeness (QED) is 0.922. The van der Waals surface area contributed by atoms with Crippen molar-refractivity contribution in [2.24, 2.45) is 0 Å². The molecule has 0 radical (unpaired) electrons. The van der Waals surface area contributed by atoms with Crippen molar-refractivity contribution in [3.63, 3.8) is 0 Å². The van der Waals surface area contributed by atoms with Gasteiger partial charge >= 0.3 is 6.09 Å². The molecule has 0 aliphatic carbocycles. The number of methoxy groups -OCH3 is 1. The Kier molecular flexibility index (Phi) is 5.01. The molecule has 0 fully saturated rings. The van der Waals surface area contributed by atoms with Crippen LogP contribution in [-0.2, 0) is 4.74 Å².